The predicted molar refractivity (Wildman–Crippen MR) is 104 cm³/mol. The number of fused-ring (bicyclic) bond motifs is 1. The molecule has 0 spiro atoms. The van der Waals surface area contributed by atoms with Crippen molar-refractivity contribution in [2.45, 2.75) is 51.7 Å². The number of halogens is 1. The Bertz CT molecular complexity index is 826. The molecule has 1 fully saturated rings. The van der Waals surface area contributed by atoms with Gasteiger partial charge in [0, 0.05) is 28.6 Å². The van der Waals surface area contributed by atoms with Crippen LogP contribution in [0.1, 0.15) is 49.2 Å². The van der Waals surface area contributed by atoms with Gasteiger partial charge in [0.05, 0.1) is 13.2 Å². The minimum Gasteiger partial charge on any atom is -0.465 e. The minimum absolute atomic E-state index is 0.201. The minimum atomic E-state index is -0.495. The molecule has 2 aromatic rings. The van der Waals surface area contributed by atoms with Crippen LogP contribution in [-0.2, 0) is 27.4 Å². The van der Waals surface area contributed by atoms with Gasteiger partial charge in [0.25, 0.3) is 0 Å². The summed E-state index contributed by atoms with van der Waals surface area (Å²) in [5.41, 5.74) is 2.40. The van der Waals surface area contributed by atoms with Gasteiger partial charge in [-0.3, -0.25) is 9.69 Å². The number of piperidine rings is 1. The molecular formula is C21H24FNO4S. The molecule has 1 aromatic carbocycles. The van der Waals surface area contributed by atoms with Gasteiger partial charge in [-0.2, -0.15) is 11.3 Å². The summed E-state index contributed by atoms with van der Waals surface area (Å²) >= 11 is 1.58. The Morgan fingerprint density at radius 1 is 1.39 bits per heavy atom. The van der Waals surface area contributed by atoms with Gasteiger partial charge in [-0.25, -0.2) is 4.39 Å². The number of ether oxygens (including phenoxy) is 3. The first-order valence-electron chi connectivity index (χ1n) is 9.68. The van der Waals surface area contributed by atoms with Gasteiger partial charge >= 0.3 is 5.97 Å². The number of hydrogen-bond donors (Lipinski definition) is 0. The van der Waals surface area contributed by atoms with E-state index in [9.17, 15) is 9.18 Å². The van der Waals surface area contributed by atoms with Crippen molar-refractivity contribution in [3.8, 4) is 5.75 Å². The van der Waals surface area contributed by atoms with Crippen molar-refractivity contribution >= 4 is 17.3 Å². The Morgan fingerprint density at radius 3 is 3.07 bits per heavy atom. The van der Waals surface area contributed by atoms with Crippen molar-refractivity contribution in [3.63, 3.8) is 0 Å². The monoisotopic (exact) mass is 405 g/mol. The second-order valence-electron chi connectivity index (χ2n) is 7.10. The Balaban J connectivity index is 1.59. The summed E-state index contributed by atoms with van der Waals surface area (Å²) in [6, 6.07) is 4.64. The van der Waals surface area contributed by atoms with Crippen molar-refractivity contribution in [1.82, 2.24) is 4.90 Å². The third kappa shape index (κ3) is 4.06. The molecule has 150 valence electrons. The van der Waals surface area contributed by atoms with Crippen LogP contribution < -0.4 is 4.74 Å². The Morgan fingerprint density at radius 2 is 2.29 bits per heavy atom. The van der Waals surface area contributed by atoms with E-state index in [1.54, 1.807) is 11.3 Å². The lowest BCUT2D eigenvalue weighted by Crippen LogP contribution is -2.45. The van der Waals surface area contributed by atoms with Crippen LogP contribution in [0.25, 0.3) is 0 Å². The molecule has 3 heterocycles. The largest absolute Gasteiger partial charge is 0.465 e. The zero-order valence-corrected chi connectivity index (χ0v) is 16.7. The van der Waals surface area contributed by atoms with Crippen molar-refractivity contribution in [3.05, 3.63) is 51.5 Å². The summed E-state index contributed by atoms with van der Waals surface area (Å²) < 4.78 is 31.4. The second-order valence-corrected chi connectivity index (χ2v) is 7.88. The average molecular weight is 405 g/mol. The van der Waals surface area contributed by atoms with E-state index >= 15 is 0 Å². The first-order valence-corrected chi connectivity index (χ1v) is 10.6. The van der Waals surface area contributed by atoms with Gasteiger partial charge in [0.15, 0.2) is 0 Å². The van der Waals surface area contributed by atoms with Gasteiger partial charge in [-0.15, -0.1) is 0 Å². The summed E-state index contributed by atoms with van der Waals surface area (Å²) in [4.78, 5) is 14.5. The van der Waals surface area contributed by atoms with Crippen molar-refractivity contribution in [1.29, 1.82) is 0 Å². The van der Waals surface area contributed by atoms with Crippen LogP contribution in [0.5, 0.6) is 5.75 Å². The summed E-state index contributed by atoms with van der Waals surface area (Å²) in [6.45, 7) is 3.69. The Hall–Kier alpha value is -1.96. The molecule has 28 heavy (non-hydrogen) atoms. The third-order valence-electron chi connectivity index (χ3n) is 5.18. The summed E-state index contributed by atoms with van der Waals surface area (Å²) in [6.07, 6.45) is 2.27. The number of likely N-dealkylation sites (tertiary alicyclic amines) is 1. The van der Waals surface area contributed by atoms with Crippen LogP contribution >= 0.6 is 11.3 Å². The average Bonchev–Trinajstić information content (AvgIpc) is 3.23. The number of nitrogens with zero attached hydrogens (tertiary/aromatic N) is 1. The van der Waals surface area contributed by atoms with Gasteiger partial charge in [-0.1, -0.05) is 6.42 Å². The highest BCUT2D eigenvalue weighted by atomic mass is 32.1. The van der Waals surface area contributed by atoms with Crippen LogP contribution in [0.3, 0.4) is 0 Å². The second kappa shape index (κ2) is 8.59. The number of rotatable bonds is 5. The molecule has 0 bridgehead atoms. The molecule has 0 saturated carbocycles. The van der Waals surface area contributed by atoms with E-state index in [0.29, 0.717) is 31.1 Å². The molecule has 2 atom stereocenters. The fraction of sp³-hybridized carbons (Fsp3) is 0.476. The number of esters is 1. The van der Waals surface area contributed by atoms with E-state index in [4.69, 9.17) is 14.2 Å². The van der Waals surface area contributed by atoms with Gasteiger partial charge < -0.3 is 14.2 Å². The predicted octanol–water partition coefficient (Wildman–Crippen LogP) is 4.41. The SMILES string of the molecule is CCOC(=O)[C@@H]1CCCCN1Cc1cc(F)cc2c1O[C@H](c1ccsc1)OC2. The standard InChI is InChI=1S/C21H24FNO4S/c1-2-25-20(24)18-5-3-4-7-23(18)11-15-9-17(22)10-16-12-26-21(27-19(15)16)14-6-8-28-13-14/h6,8-10,13,18,21H,2-5,7,11-12H2,1H3/t18-,21+/m0/s1. The summed E-state index contributed by atoms with van der Waals surface area (Å²) in [5.74, 6) is 0.143. The number of hydrogen-bond acceptors (Lipinski definition) is 6. The molecule has 2 aliphatic heterocycles. The fourth-order valence-electron chi connectivity index (χ4n) is 3.87. The number of benzene rings is 1. The van der Waals surface area contributed by atoms with Crippen LogP contribution in [-0.4, -0.2) is 30.1 Å². The summed E-state index contributed by atoms with van der Waals surface area (Å²) in [7, 11) is 0. The molecule has 0 unspecified atom stereocenters. The van der Waals surface area contributed by atoms with Gasteiger partial charge in [0.1, 0.15) is 17.6 Å². The zero-order valence-electron chi connectivity index (χ0n) is 15.9. The van der Waals surface area contributed by atoms with E-state index < -0.39 is 6.29 Å². The molecule has 1 saturated heterocycles. The quantitative estimate of drug-likeness (QED) is 0.690. The van der Waals surface area contributed by atoms with Crippen molar-refractivity contribution < 1.29 is 23.4 Å². The molecule has 2 aliphatic rings. The number of thiophene rings is 1. The topological polar surface area (TPSA) is 48.0 Å². The number of carbonyl (C=O) groups is 1. The zero-order chi connectivity index (χ0) is 19.5. The van der Waals surface area contributed by atoms with E-state index in [0.717, 1.165) is 36.9 Å². The first kappa shape index (κ1) is 19.4. The Labute approximate surface area is 168 Å². The molecule has 1 aromatic heterocycles. The van der Waals surface area contributed by atoms with Crippen molar-refractivity contribution in [2.24, 2.45) is 0 Å². The van der Waals surface area contributed by atoms with Crippen LogP contribution in [0.4, 0.5) is 4.39 Å². The highest BCUT2D eigenvalue weighted by molar-refractivity contribution is 7.07. The molecule has 4 rings (SSSR count). The highest BCUT2D eigenvalue weighted by Crippen LogP contribution is 2.38. The van der Waals surface area contributed by atoms with E-state index in [-0.39, 0.29) is 17.8 Å². The van der Waals surface area contributed by atoms with Gasteiger partial charge in [-0.05, 0) is 49.9 Å². The maximum Gasteiger partial charge on any atom is 0.323 e. The Kier molecular flexibility index (Phi) is 5.94. The van der Waals surface area contributed by atoms with E-state index in [2.05, 4.69) is 4.90 Å². The van der Waals surface area contributed by atoms with Crippen LogP contribution in [0.15, 0.2) is 29.0 Å². The van der Waals surface area contributed by atoms with Gasteiger partial charge in [0.2, 0.25) is 6.29 Å². The van der Waals surface area contributed by atoms with Crippen molar-refractivity contribution in [2.75, 3.05) is 13.2 Å². The smallest absolute Gasteiger partial charge is 0.323 e. The summed E-state index contributed by atoms with van der Waals surface area (Å²) in [5, 5.41) is 3.96. The lowest BCUT2D eigenvalue weighted by atomic mass is 10.00. The molecule has 0 N–H and O–H groups in total. The highest BCUT2D eigenvalue weighted by Gasteiger charge is 2.32. The fourth-order valence-corrected chi connectivity index (χ4v) is 4.53. The number of carbonyl (C=O) groups excluding carboxylic acids is 1. The van der Waals surface area contributed by atoms with Crippen LogP contribution in [0.2, 0.25) is 0 Å². The molecular weight excluding hydrogens is 381 g/mol. The lowest BCUT2D eigenvalue weighted by molar-refractivity contribution is -0.151. The molecule has 0 aliphatic carbocycles. The third-order valence-corrected chi connectivity index (χ3v) is 5.89. The van der Waals surface area contributed by atoms with E-state index in [1.807, 2.05) is 23.8 Å². The van der Waals surface area contributed by atoms with E-state index in [1.165, 1.54) is 12.1 Å². The lowest BCUT2D eigenvalue weighted by Gasteiger charge is -2.35. The molecule has 0 radical (unpaired) electrons. The maximum atomic E-state index is 14.2. The molecule has 5 nitrogen and oxygen atoms in total. The molecule has 7 heteroatoms. The maximum absolute atomic E-state index is 14.2. The molecule has 0 amide bonds. The first-order chi connectivity index (χ1) is 13.7. The van der Waals surface area contributed by atoms with Crippen LogP contribution in [0, 0.1) is 5.82 Å². The normalized spacial score (nSPS) is 22.4.